The van der Waals surface area contributed by atoms with Crippen molar-refractivity contribution in [3.05, 3.63) is 34.3 Å². The Hall–Kier alpha value is -0.530. The molecule has 1 aromatic carbocycles. The van der Waals surface area contributed by atoms with Gasteiger partial charge in [-0.25, -0.2) is 0 Å². The van der Waals surface area contributed by atoms with Crippen LogP contribution in [0, 0.1) is 6.92 Å². The highest BCUT2D eigenvalue weighted by atomic mass is 35.5. The van der Waals surface area contributed by atoms with E-state index in [9.17, 15) is 0 Å². The van der Waals surface area contributed by atoms with Crippen molar-refractivity contribution in [3.63, 3.8) is 0 Å². The lowest BCUT2D eigenvalue weighted by Gasteiger charge is -2.20. The first kappa shape index (κ1) is 12.5. The van der Waals surface area contributed by atoms with Crippen LogP contribution in [0.4, 0.5) is 0 Å². The molecule has 0 saturated heterocycles. The second kappa shape index (κ2) is 5.00. The molecular weight excluding hydrogens is 206 g/mol. The average Bonchev–Trinajstić information content (AvgIpc) is 2.07. The van der Waals surface area contributed by atoms with Gasteiger partial charge in [0.1, 0.15) is 0 Å². The van der Waals surface area contributed by atoms with E-state index in [2.05, 4.69) is 39.1 Å². The Bertz CT molecular complexity index is 326. The fourth-order valence-electron chi connectivity index (χ4n) is 1.51. The summed E-state index contributed by atoms with van der Waals surface area (Å²) >= 11 is 5.91. The van der Waals surface area contributed by atoms with E-state index in [1.165, 1.54) is 11.1 Å². The first-order valence-corrected chi connectivity index (χ1v) is 5.76. The molecule has 0 spiro atoms. The molecule has 0 aliphatic rings. The van der Waals surface area contributed by atoms with E-state index in [0.717, 1.165) is 18.0 Å². The summed E-state index contributed by atoms with van der Waals surface area (Å²) in [5, 5.41) is 4.30. The Balaban J connectivity index is 2.51. The molecule has 0 aliphatic carbocycles. The summed E-state index contributed by atoms with van der Waals surface area (Å²) in [5.74, 6) is 0. The number of benzene rings is 1. The van der Waals surface area contributed by atoms with Gasteiger partial charge in [0.05, 0.1) is 0 Å². The summed E-state index contributed by atoms with van der Waals surface area (Å²) in [6.45, 7) is 9.66. The highest BCUT2D eigenvalue weighted by Gasteiger charge is 2.08. The van der Waals surface area contributed by atoms with Crippen molar-refractivity contribution in [2.75, 3.05) is 6.54 Å². The second-order valence-corrected chi connectivity index (χ2v) is 5.43. The molecule has 0 aromatic heterocycles. The van der Waals surface area contributed by atoms with Crippen molar-refractivity contribution in [2.24, 2.45) is 0 Å². The van der Waals surface area contributed by atoms with Gasteiger partial charge in [-0.3, -0.25) is 0 Å². The van der Waals surface area contributed by atoms with Gasteiger partial charge in [0.2, 0.25) is 0 Å². The maximum absolute atomic E-state index is 5.91. The summed E-state index contributed by atoms with van der Waals surface area (Å²) in [4.78, 5) is 0. The standard InChI is InChI=1S/C13H20ClN/c1-10-9-12(14)6-5-11(10)7-8-15-13(2,3)4/h5-6,9,15H,7-8H2,1-4H3. The number of hydrogen-bond acceptors (Lipinski definition) is 1. The van der Waals surface area contributed by atoms with Gasteiger partial charge < -0.3 is 5.32 Å². The Labute approximate surface area is 97.8 Å². The van der Waals surface area contributed by atoms with Crippen molar-refractivity contribution in [2.45, 2.75) is 39.7 Å². The van der Waals surface area contributed by atoms with Crippen LogP contribution in [0.15, 0.2) is 18.2 Å². The van der Waals surface area contributed by atoms with Crippen LogP contribution in [0.1, 0.15) is 31.9 Å². The summed E-state index contributed by atoms with van der Waals surface area (Å²) in [6, 6.07) is 6.09. The summed E-state index contributed by atoms with van der Waals surface area (Å²) < 4.78 is 0. The minimum atomic E-state index is 0.195. The zero-order chi connectivity index (χ0) is 11.5. The van der Waals surface area contributed by atoms with Crippen LogP contribution in [0.2, 0.25) is 5.02 Å². The number of rotatable bonds is 3. The lowest BCUT2D eigenvalue weighted by Crippen LogP contribution is -2.37. The fraction of sp³-hybridized carbons (Fsp3) is 0.538. The molecule has 0 aliphatic heterocycles. The van der Waals surface area contributed by atoms with E-state index in [-0.39, 0.29) is 5.54 Å². The predicted molar refractivity (Wildman–Crippen MR) is 67.6 cm³/mol. The maximum Gasteiger partial charge on any atom is 0.0408 e. The molecule has 0 fully saturated rings. The van der Waals surface area contributed by atoms with Gasteiger partial charge in [0, 0.05) is 10.6 Å². The Kier molecular flexibility index (Phi) is 4.18. The van der Waals surface area contributed by atoms with E-state index in [0.29, 0.717) is 0 Å². The number of aryl methyl sites for hydroxylation is 1. The predicted octanol–water partition coefficient (Wildman–Crippen LogP) is 3.58. The third-order valence-electron chi connectivity index (χ3n) is 2.35. The lowest BCUT2D eigenvalue weighted by atomic mass is 10.0. The van der Waals surface area contributed by atoms with E-state index >= 15 is 0 Å². The molecule has 15 heavy (non-hydrogen) atoms. The van der Waals surface area contributed by atoms with Crippen LogP contribution >= 0.6 is 11.6 Å². The normalized spacial score (nSPS) is 11.8. The highest BCUT2D eigenvalue weighted by Crippen LogP contribution is 2.15. The summed E-state index contributed by atoms with van der Waals surface area (Å²) in [7, 11) is 0. The smallest absolute Gasteiger partial charge is 0.0408 e. The van der Waals surface area contributed by atoms with Crippen molar-refractivity contribution < 1.29 is 0 Å². The van der Waals surface area contributed by atoms with Crippen molar-refractivity contribution in [1.29, 1.82) is 0 Å². The van der Waals surface area contributed by atoms with Gasteiger partial charge in [-0.2, -0.15) is 0 Å². The molecule has 1 rings (SSSR count). The van der Waals surface area contributed by atoms with Crippen LogP contribution in [0.25, 0.3) is 0 Å². The van der Waals surface area contributed by atoms with Gasteiger partial charge in [-0.1, -0.05) is 17.7 Å². The highest BCUT2D eigenvalue weighted by molar-refractivity contribution is 6.30. The molecule has 2 heteroatoms. The first-order chi connectivity index (χ1) is 6.88. The Morgan fingerprint density at radius 3 is 2.47 bits per heavy atom. The average molecular weight is 226 g/mol. The molecule has 0 amide bonds. The van der Waals surface area contributed by atoms with E-state index in [1.807, 2.05) is 12.1 Å². The van der Waals surface area contributed by atoms with E-state index in [4.69, 9.17) is 11.6 Å². The SMILES string of the molecule is Cc1cc(Cl)ccc1CCNC(C)(C)C. The zero-order valence-electron chi connectivity index (χ0n) is 10.0. The van der Waals surface area contributed by atoms with Crippen LogP contribution in [0.5, 0.6) is 0 Å². The molecule has 0 bridgehead atoms. The summed E-state index contributed by atoms with van der Waals surface area (Å²) in [5.41, 5.74) is 2.84. The number of nitrogens with one attached hydrogen (secondary N) is 1. The van der Waals surface area contributed by atoms with Crippen molar-refractivity contribution >= 4 is 11.6 Å². The van der Waals surface area contributed by atoms with Gasteiger partial charge in [0.15, 0.2) is 0 Å². The molecule has 0 atom stereocenters. The monoisotopic (exact) mass is 225 g/mol. The molecule has 1 aromatic rings. The fourth-order valence-corrected chi connectivity index (χ4v) is 1.74. The van der Waals surface area contributed by atoms with Crippen LogP contribution in [-0.4, -0.2) is 12.1 Å². The van der Waals surface area contributed by atoms with Gasteiger partial charge >= 0.3 is 0 Å². The van der Waals surface area contributed by atoms with Crippen LogP contribution in [0.3, 0.4) is 0 Å². The largest absolute Gasteiger partial charge is 0.312 e. The Morgan fingerprint density at radius 1 is 1.27 bits per heavy atom. The molecule has 1 nitrogen and oxygen atoms in total. The summed E-state index contributed by atoms with van der Waals surface area (Å²) in [6.07, 6.45) is 1.06. The topological polar surface area (TPSA) is 12.0 Å². The maximum atomic E-state index is 5.91. The van der Waals surface area contributed by atoms with Crippen molar-refractivity contribution in [3.8, 4) is 0 Å². The molecule has 0 saturated carbocycles. The molecule has 1 N–H and O–H groups in total. The van der Waals surface area contributed by atoms with Gasteiger partial charge in [0.25, 0.3) is 0 Å². The first-order valence-electron chi connectivity index (χ1n) is 5.38. The van der Waals surface area contributed by atoms with E-state index < -0.39 is 0 Å². The number of halogens is 1. The molecule has 84 valence electrons. The van der Waals surface area contributed by atoms with Crippen LogP contribution < -0.4 is 5.32 Å². The van der Waals surface area contributed by atoms with Crippen LogP contribution in [-0.2, 0) is 6.42 Å². The van der Waals surface area contributed by atoms with Gasteiger partial charge in [-0.05, 0) is 63.9 Å². The molecule has 0 radical (unpaired) electrons. The van der Waals surface area contributed by atoms with Crippen molar-refractivity contribution in [1.82, 2.24) is 5.32 Å². The number of hydrogen-bond donors (Lipinski definition) is 1. The Morgan fingerprint density at radius 2 is 1.93 bits per heavy atom. The lowest BCUT2D eigenvalue weighted by molar-refractivity contribution is 0.429. The molecule has 0 heterocycles. The minimum Gasteiger partial charge on any atom is -0.312 e. The third-order valence-corrected chi connectivity index (χ3v) is 2.59. The molecular formula is C13H20ClN. The second-order valence-electron chi connectivity index (χ2n) is 5.00. The zero-order valence-corrected chi connectivity index (χ0v) is 10.8. The third kappa shape index (κ3) is 4.67. The minimum absolute atomic E-state index is 0.195. The quantitative estimate of drug-likeness (QED) is 0.829. The van der Waals surface area contributed by atoms with E-state index in [1.54, 1.807) is 0 Å². The molecule has 0 unspecified atom stereocenters. The van der Waals surface area contributed by atoms with Gasteiger partial charge in [-0.15, -0.1) is 0 Å².